The summed E-state index contributed by atoms with van der Waals surface area (Å²) in [5.74, 6) is 0. The number of nitrogens with one attached hydrogen (secondary N) is 1. The molecule has 0 saturated heterocycles. The molecule has 1 aromatic rings. The summed E-state index contributed by atoms with van der Waals surface area (Å²) < 4.78 is 10.1. The van der Waals surface area contributed by atoms with Crippen LogP contribution in [0.5, 0.6) is 0 Å². The number of benzene rings is 1. The SMILES string of the molecule is COCCOCC(O)CNCc1ccccc1C. The number of aliphatic hydroxyl groups excluding tert-OH is 1. The number of aryl methyl sites for hydroxylation is 1. The second kappa shape index (κ2) is 9.05. The molecule has 1 unspecified atom stereocenters. The van der Waals surface area contributed by atoms with Crippen LogP contribution >= 0.6 is 0 Å². The minimum atomic E-state index is -0.481. The molecular weight excluding hydrogens is 230 g/mol. The van der Waals surface area contributed by atoms with Gasteiger partial charge < -0.3 is 19.9 Å². The standard InChI is InChI=1S/C14H23NO3/c1-12-5-3-4-6-13(12)9-15-10-14(16)11-18-8-7-17-2/h3-6,14-16H,7-11H2,1-2H3. The molecule has 0 aromatic heterocycles. The molecule has 0 bridgehead atoms. The Balaban J connectivity index is 2.12. The Kier molecular flexibility index (Phi) is 7.60. The molecule has 0 radical (unpaired) electrons. The first-order valence-electron chi connectivity index (χ1n) is 6.24. The maximum Gasteiger partial charge on any atom is 0.0897 e. The van der Waals surface area contributed by atoms with Gasteiger partial charge in [-0.1, -0.05) is 24.3 Å². The van der Waals surface area contributed by atoms with Crippen LogP contribution in [0, 0.1) is 6.92 Å². The van der Waals surface area contributed by atoms with Crippen molar-refractivity contribution in [3.05, 3.63) is 35.4 Å². The van der Waals surface area contributed by atoms with E-state index in [1.54, 1.807) is 7.11 Å². The van der Waals surface area contributed by atoms with E-state index in [1.165, 1.54) is 11.1 Å². The fourth-order valence-corrected chi connectivity index (χ4v) is 1.60. The average Bonchev–Trinajstić information content (AvgIpc) is 2.37. The summed E-state index contributed by atoms with van der Waals surface area (Å²) in [5.41, 5.74) is 2.51. The molecule has 0 spiro atoms. The van der Waals surface area contributed by atoms with Gasteiger partial charge in [0.15, 0.2) is 0 Å². The fourth-order valence-electron chi connectivity index (χ4n) is 1.60. The van der Waals surface area contributed by atoms with Crippen molar-refractivity contribution in [2.45, 2.75) is 19.6 Å². The highest BCUT2D eigenvalue weighted by Crippen LogP contribution is 2.05. The molecule has 0 aliphatic carbocycles. The van der Waals surface area contributed by atoms with Crippen LogP contribution in [0.3, 0.4) is 0 Å². The fraction of sp³-hybridized carbons (Fsp3) is 0.571. The van der Waals surface area contributed by atoms with E-state index in [1.807, 2.05) is 12.1 Å². The smallest absolute Gasteiger partial charge is 0.0897 e. The van der Waals surface area contributed by atoms with Gasteiger partial charge in [0.05, 0.1) is 25.9 Å². The lowest BCUT2D eigenvalue weighted by Crippen LogP contribution is -2.30. The van der Waals surface area contributed by atoms with Crippen molar-refractivity contribution in [1.82, 2.24) is 5.32 Å². The molecule has 1 atom stereocenters. The van der Waals surface area contributed by atoms with Gasteiger partial charge in [-0.25, -0.2) is 0 Å². The second-order valence-electron chi connectivity index (χ2n) is 4.28. The molecule has 4 heteroatoms. The first-order chi connectivity index (χ1) is 8.74. The number of aliphatic hydroxyl groups is 1. The second-order valence-corrected chi connectivity index (χ2v) is 4.28. The summed E-state index contributed by atoms with van der Waals surface area (Å²) >= 11 is 0. The quantitative estimate of drug-likeness (QED) is 0.647. The van der Waals surface area contributed by atoms with Gasteiger partial charge in [0.25, 0.3) is 0 Å². The van der Waals surface area contributed by atoms with Crippen molar-refractivity contribution in [2.24, 2.45) is 0 Å². The van der Waals surface area contributed by atoms with E-state index in [-0.39, 0.29) is 0 Å². The zero-order chi connectivity index (χ0) is 13.2. The van der Waals surface area contributed by atoms with Gasteiger partial charge in [-0.2, -0.15) is 0 Å². The Bertz CT molecular complexity index is 331. The molecule has 1 aromatic carbocycles. The molecule has 2 N–H and O–H groups in total. The van der Waals surface area contributed by atoms with E-state index in [9.17, 15) is 5.11 Å². The van der Waals surface area contributed by atoms with Gasteiger partial charge in [-0.15, -0.1) is 0 Å². The van der Waals surface area contributed by atoms with E-state index in [0.717, 1.165) is 6.54 Å². The van der Waals surface area contributed by atoms with Gasteiger partial charge >= 0.3 is 0 Å². The topological polar surface area (TPSA) is 50.7 Å². The van der Waals surface area contributed by atoms with E-state index in [4.69, 9.17) is 9.47 Å². The van der Waals surface area contributed by atoms with E-state index in [2.05, 4.69) is 24.4 Å². The third-order valence-corrected chi connectivity index (χ3v) is 2.70. The van der Waals surface area contributed by atoms with Crippen molar-refractivity contribution in [3.63, 3.8) is 0 Å². The summed E-state index contributed by atoms with van der Waals surface area (Å²) in [5, 5.41) is 12.9. The minimum absolute atomic E-state index is 0.337. The number of rotatable bonds is 9. The van der Waals surface area contributed by atoms with Crippen molar-refractivity contribution < 1.29 is 14.6 Å². The molecule has 0 aliphatic rings. The lowest BCUT2D eigenvalue weighted by molar-refractivity contribution is 0.0137. The molecule has 0 amide bonds. The van der Waals surface area contributed by atoms with Crippen molar-refractivity contribution in [3.8, 4) is 0 Å². The van der Waals surface area contributed by atoms with E-state index >= 15 is 0 Å². The first-order valence-corrected chi connectivity index (χ1v) is 6.24. The summed E-state index contributed by atoms with van der Waals surface area (Å²) in [4.78, 5) is 0. The van der Waals surface area contributed by atoms with Crippen molar-refractivity contribution in [2.75, 3.05) is 33.5 Å². The number of ether oxygens (including phenoxy) is 2. The van der Waals surface area contributed by atoms with E-state index < -0.39 is 6.10 Å². The Morgan fingerprint density at radius 1 is 1.28 bits per heavy atom. The highest BCUT2D eigenvalue weighted by atomic mass is 16.5. The third kappa shape index (κ3) is 6.12. The Morgan fingerprint density at radius 2 is 2.06 bits per heavy atom. The molecule has 18 heavy (non-hydrogen) atoms. The van der Waals surface area contributed by atoms with Crippen LogP contribution in [0.2, 0.25) is 0 Å². The summed E-state index contributed by atoms with van der Waals surface area (Å²) in [6, 6.07) is 8.22. The van der Waals surface area contributed by atoms with Gasteiger partial charge in [0.1, 0.15) is 0 Å². The molecule has 0 saturated carbocycles. The van der Waals surface area contributed by atoms with Gasteiger partial charge in [0.2, 0.25) is 0 Å². The third-order valence-electron chi connectivity index (χ3n) is 2.70. The molecule has 1 rings (SSSR count). The van der Waals surface area contributed by atoms with E-state index in [0.29, 0.717) is 26.4 Å². The Hall–Kier alpha value is -0.940. The molecule has 4 nitrogen and oxygen atoms in total. The van der Waals surface area contributed by atoms with Gasteiger partial charge in [-0.3, -0.25) is 0 Å². The zero-order valence-electron chi connectivity index (χ0n) is 11.2. The van der Waals surface area contributed by atoms with Crippen molar-refractivity contribution in [1.29, 1.82) is 0 Å². The molecule has 102 valence electrons. The summed E-state index contributed by atoms with van der Waals surface area (Å²) in [6.45, 7) is 4.79. The predicted molar refractivity (Wildman–Crippen MR) is 71.6 cm³/mol. The van der Waals surface area contributed by atoms with Crippen molar-refractivity contribution >= 4 is 0 Å². The summed E-state index contributed by atoms with van der Waals surface area (Å²) in [6.07, 6.45) is -0.481. The average molecular weight is 253 g/mol. The maximum atomic E-state index is 9.67. The monoisotopic (exact) mass is 253 g/mol. The Morgan fingerprint density at radius 3 is 2.78 bits per heavy atom. The first kappa shape index (κ1) is 15.1. The lowest BCUT2D eigenvalue weighted by Gasteiger charge is -2.13. The van der Waals surface area contributed by atoms with Crippen LogP contribution < -0.4 is 5.32 Å². The minimum Gasteiger partial charge on any atom is -0.389 e. The number of hydrogen-bond donors (Lipinski definition) is 2. The van der Waals surface area contributed by atoms with Crippen LogP contribution in [0.15, 0.2) is 24.3 Å². The maximum absolute atomic E-state index is 9.67. The number of hydrogen-bond acceptors (Lipinski definition) is 4. The summed E-state index contributed by atoms with van der Waals surface area (Å²) in [7, 11) is 1.63. The van der Waals surface area contributed by atoms with Crippen LogP contribution in [0.25, 0.3) is 0 Å². The normalized spacial score (nSPS) is 12.6. The predicted octanol–water partition coefficient (Wildman–Crippen LogP) is 1.11. The van der Waals surface area contributed by atoms with Crippen LogP contribution in [0.4, 0.5) is 0 Å². The Labute approximate surface area is 109 Å². The molecule has 0 aliphatic heterocycles. The van der Waals surface area contributed by atoms with Gasteiger partial charge in [-0.05, 0) is 18.1 Å². The molecule has 0 heterocycles. The van der Waals surface area contributed by atoms with Crippen LogP contribution in [-0.2, 0) is 16.0 Å². The van der Waals surface area contributed by atoms with Gasteiger partial charge in [0, 0.05) is 20.2 Å². The lowest BCUT2D eigenvalue weighted by atomic mass is 10.1. The largest absolute Gasteiger partial charge is 0.389 e. The highest BCUT2D eigenvalue weighted by Gasteiger charge is 2.04. The number of methoxy groups -OCH3 is 1. The van der Waals surface area contributed by atoms with Crippen LogP contribution in [0.1, 0.15) is 11.1 Å². The molecule has 0 fully saturated rings. The zero-order valence-corrected chi connectivity index (χ0v) is 11.2. The molecular formula is C14H23NO3. The highest BCUT2D eigenvalue weighted by molar-refractivity contribution is 5.25. The van der Waals surface area contributed by atoms with Crippen LogP contribution in [-0.4, -0.2) is 44.7 Å².